The van der Waals surface area contributed by atoms with Crippen LogP contribution in [0.2, 0.25) is 0 Å². The first kappa shape index (κ1) is 75.4. The van der Waals surface area contributed by atoms with Gasteiger partial charge in [-0.15, -0.1) is 0 Å². The molecular weight excluding hydrogens is 961 g/mol. The van der Waals surface area contributed by atoms with Crippen molar-refractivity contribution in [2.75, 3.05) is 13.2 Å². The summed E-state index contributed by atoms with van der Waals surface area (Å²) in [5.41, 5.74) is 0. The van der Waals surface area contributed by atoms with E-state index in [0.717, 1.165) is 89.9 Å². The molecule has 0 radical (unpaired) electrons. The fourth-order valence-corrected chi connectivity index (χ4v) is 10.4. The molecule has 0 saturated heterocycles. The summed E-state index contributed by atoms with van der Waals surface area (Å²) < 4.78 is 17.0. The third-order valence-electron chi connectivity index (χ3n) is 15.6. The third-order valence-corrected chi connectivity index (χ3v) is 15.6. The standard InChI is InChI=1S/C72H132O6/c1-4-7-10-13-16-19-22-25-28-30-32-34-35-36-37-39-40-42-44-47-50-53-56-59-62-65-71(74)77-68-69(67-76-70(73)64-61-58-55-52-49-46-27-24-21-18-15-12-9-6-3)78-72(75)66-63-60-57-54-51-48-45-43-41-38-33-31-29-26-23-20-17-14-11-8-5-2/h8,11,17,20,26,29,33,38,69H,4-7,9-10,12-16,18-19,21-25,27-28,30-32,34-37,39-68H2,1-3H3/b11-8-,20-17-,29-26-,38-33-. The maximum Gasteiger partial charge on any atom is 0.306 e. The highest BCUT2D eigenvalue weighted by atomic mass is 16.6. The van der Waals surface area contributed by atoms with Gasteiger partial charge in [0.2, 0.25) is 0 Å². The van der Waals surface area contributed by atoms with Crippen LogP contribution in [0.5, 0.6) is 0 Å². The number of allylic oxidation sites excluding steroid dienone is 8. The van der Waals surface area contributed by atoms with E-state index in [-0.39, 0.29) is 31.1 Å². The summed E-state index contributed by atoms with van der Waals surface area (Å²) in [6.07, 6.45) is 84.2. The van der Waals surface area contributed by atoms with Crippen molar-refractivity contribution < 1.29 is 28.6 Å². The molecule has 0 heterocycles. The highest BCUT2D eigenvalue weighted by molar-refractivity contribution is 5.71. The average molecular weight is 1090 g/mol. The summed E-state index contributed by atoms with van der Waals surface area (Å²) in [7, 11) is 0. The number of hydrogen-bond acceptors (Lipinski definition) is 6. The molecular formula is C72H132O6. The summed E-state index contributed by atoms with van der Waals surface area (Å²) in [5, 5.41) is 0. The van der Waals surface area contributed by atoms with Crippen molar-refractivity contribution in [1.82, 2.24) is 0 Å². The van der Waals surface area contributed by atoms with Crippen molar-refractivity contribution in [3.63, 3.8) is 0 Å². The minimum absolute atomic E-state index is 0.0710. The number of ether oxygens (including phenoxy) is 3. The normalized spacial score (nSPS) is 12.3. The van der Waals surface area contributed by atoms with Crippen LogP contribution in [-0.2, 0) is 28.6 Å². The molecule has 0 aromatic carbocycles. The Hall–Kier alpha value is -2.63. The van der Waals surface area contributed by atoms with Crippen LogP contribution >= 0.6 is 0 Å². The minimum Gasteiger partial charge on any atom is -0.462 e. The van der Waals surface area contributed by atoms with Gasteiger partial charge in [-0.2, -0.15) is 0 Å². The predicted molar refractivity (Wildman–Crippen MR) is 339 cm³/mol. The van der Waals surface area contributed by atoms with Gasteiger partial charge < -0.3 is 14.2 Å². The zero-order valence-corrected chi connectivity index (χ0v) is 52.5. The topological polar surface area (TPSA) is 78.9 Å². The lowest BCUT2D eigenvalue weighted by Gasteiger charge is -2.18. The van der Waals surface area contributed by atoms with Crippen LogP contribution in [0.15, 0.2) is 48.6 Å². The predicted octanol–water partition coefficient (Wildman–Crippen LogP) is 23.7. The molecule has 1 atom stereocenters. The Kier molecular flexibility index (Phi) is 64.6. The van der Waals surface area contributed by atoms with Crippen LogP contribution in [0.3, 0.4) is 0 Å². The lowest BCUT2D eigenvalue weighted by Crippen LogP contribution is -2.30. The van der Waals surface area contributed by atoms with Crippen LogP contribution < -0.4 is 0 Å². The first-order valence-corrected chi connectivity index (χ1v) is 34.6. The van der Waals surface area contributed by atoms with Gasteiger partial charge >= 0.3 is 17.9 Å². The highest BCUT2D eigenvalue weighted by Gasteiger charge is 2.19. The fourth-order valence-electron chi connectivity index (χ4n) is 10.4. The number of carbonyl (C=O) groups is 3. The van der Waals surface area contributed by atoms with Gasteiger partial charge in [0.25, 0.3) is 0 Å². The molecule has 0 aliphatic heterocycles. The summed E-state index contributed by atoms with van der Waals surface area (Å²) in [4.78, 5) is 38.4. The molecule has 78 heavy (non-hydrogen) atoms. The summed E-state index contributed by atoms with van der Waals surface area (Å²) in [5.74, 6) is -0.852. The second kappa shape index (κ2) is 66.9. The number of hydrogen-bond donors (Lipinski definition) is 0. The summed E-state index contributed by atoms with van der Waals surface area (Å²) in [6.45, 7) is 6.59. The number of carbonyl (C=O) groups excluding carboxylic acids is 3. The summed E-state index contributed by atoms with van der Waals surface area (Å²) >= 11 is 0. The Balaban J connectivity index is 4.26. The molecule has 1 unspecified atom stereocenters. The Morgan fingerprint density at radius 2 is 0.500 bits per heavy atom. The number of rotatable bonds is 64. The second-order valence-corrected chi connectivity index (χ2v) is 23.4. The molecule has 0 aliphatic carbocycles. The van der Waals surface area contributed by atoms with Crippen molar-refractivity contribution in [3.8, 4) is 0 Å². The van der Waals surface area contributed by atoms with E-state index in [9.17, 15) is 14.4 Å². The van der Waals surface area contributed by atoms with E-state index in [1.165, 1.54) is 244 Å². The maximum absolute atomic E-state index is 12.9. The minimum atomic E-state index is -0.775. The van der Waals surface area contributed by atoms with Gasteiger partial charge in [0.1, 0.15) is 13.2 Å². The quantitative estimate of drug-likeness (QED) is 0.0261. The van der Waals surface area contributed by atoms with Crippen molar-refractivity contribution in [2.24, 2.45) is 0 Å². The average Bonchev–Trinajstić information content (AvgIpc) is 3.44. The smallest absolute Gasteiger partial charge is 0.306 e. The second-order valence-electron chi connectivity index (χ2n) is 23.4. The summed E-state index contributed by atoms with van der Waals surface area (Å²) in [6, 6.07) is 0. The molecule has 0 N–H and O–H groups in total. The molecule has 0 spiro atoms. The zero-order valence-electron chi connectivity index (χ0n) is 52.5. The zero-order chi connectivity index (χ0) is 56.4. The van der Waals surface area contributed by atoms with E-state index < -0.39 is 6.10 Å². The van der Waals surface area contributed by atoms with Gasteiger partial charge in [-0.1, -0.05) is 345 Å². The molecule has 0 bridgehead atoms. The number of esters is 3. The van der Waals surface area contributed by atoms with E-state index >= 15 is 0 Å². The molecule has 0 aromatic heterocycles. The van der Waals surface area contributed by atoms with Crippen molar-refractivity contribution >= 4 is 17.9 Å². The van der Waals surface area contributed by atoms with Crippen LogP contribution in [0.4, 0.5) is 0 Å². The molecule has 0 amide bonds. The van der Waals surface area contributed by atoms with Gasteiger partial charge in [0, 0.05) is 19.3 Å². The molecule has 0 fully saturated rings. The Morgan fingerprint density at radius 3 is 0.782 bits per heavy atom. The molecule has 0 rings (SSSR count). The maximum atomic E-state index is 12.9. The monoisotopic (exact) mass is 1090 g/mol. The van der Waals surface area contributed by atoms with Crippen LogP contribution in [0, 0.1) is 0 Å². The van der Waals surface area contributed by atoms with Crippen LogP contribution in [0.25, 0.3) is 0 Å². The van der Waals surface area contributed by atoms with Gasteiger partial charge in [-0.05, 0) is 57.8 Å². The third kappa shape index (κ3) is 64.2. The molecule has 0 saturated carbocycles. The Labute approximate surface area is 486 Å². The largest absolute Gasteiger partial charge is 0.462 e. The van der Waals surface area contributed by atoms with Crippen molar-refractivity contribution in [3.05, 3.63) is 48.6 Å². The Morgan fingerprint density at radius 1 is 0.269 bits per heavy atom. The van der Waals surface area contributed by atoms with Crippen LogP contribution in [-0.4, -0.2) is 37.2 Å². The van der Waals surface area contributed by atoms with Gasteiger partial charge in [0.15, 0.2) is 6.10 Å². The highest BCUT2D eigenvalue weighted by Crippen LogP contribution is 2.18. The van der Waals surface area contributed by atoms with Gasteiger partial charge in [-0.25, -0.2) is 0 Å². The SMILES string of the molecule is CC/C=C\C/C=C\C/C=C\C/C=C\CCCCCCCCCCC(=O)OC(COC(=O)CCCCCCCCCCCCCCCC)COC(=O)CCCCCCCCCCCCCCCCCCCCCCCCCCC. The van der Waals surface area contributed by atoms with Crippen molar-refractivity contribution in [1.29, 1.82) is 0 Å². The molecule has 6 nitrogen and oxygen atoms in total. The van der Waals surface area contributed by atoms with E-state index in [0.29, 0.717) is 19.3 Å². The first-order valence-electron chi connectivity index (χ1n) is 34.6. The molecule has 456 valence electrons. The van der Waals surface area contributed by atoms with Gasteiger partial charge in [-0.3, -0.25) is 14.4 Å². The van der Waals surface area contributed by atoms with E-state index in [1.807, 2.05) is 0 Å². The van der Waals surface area contributed by atoms with Gasteiger partial charge in [0.05, 0.1) is 0 Å². The lowest BCUT2D eigenvalue weighted by atomic mass is 10.0. The lowest BCUT2D eigenvalue weighted by molar-refractivity contribution is -0.167. The Bertz CT molecular complexity index is 1350. The van der Waals surface area contributed by atoms with E-state index in [4.69, 9.17) is 14.2 Å². The molecule has 0 aromatic rings. The number of unbranched alkanes of at least 4 members (excludes halogenated alkanes) is 45. The van der Waals surface area contributed by atoms with Crippen molar-refractivity contribution in [2.45, 2.75) is 380 Å². The molecule has 0 aliphatic rings. The van der Waals surface area contributed by atoms with Crippen LogP contribution in [0.1, 0.15) is 374 Å². The van der Waals surface area contributed by atoms with E-state index in [1.54, 1.807) is 0 Å². The van der Waals surface area contributed by atoms with E-state index in [2.05, 4.69) is 69.4 Å². The molecule has 6 heteroatoms. The fraction of sp³-hybridized carbons (Fsp3) is 0.847. The first-order chi connectivity index (χ1) is 38.5.